The maximum atomic E-state index is 12.9. The minimum absolute atomic E-state index is 0.0178. The highest BCUT2D eigenvalue weighted by Crippen LogP contribution is 2.32. The van der Waals surface area contributed by atoms with Gasteiger partial charge in [-0.25, -0.2) is 4.79 Å². The van der Waals surface area contributed by atoms with Crippen molar-refractivity contribution < 1.29 is 32.2 Å². The number of aromatic nitrogens is 2. The molecule has 0 radical (unpaired) electrons. The summed E-state index contributed by atoms with van der Waals surface area (Å²) in [6, 6.07) is 11.0. The molecule has 3 aromatic rings. The lowest BCUT2D eigenvalue weighted by atomic mass is 10.1. The standard InChI is InChI=1S/C23H21F3N2O6/c1-15(29)33-9-8-32-14-28-13-17(21(30)27-22(28)31)10-16-4-2-6-19(11-16)34-20-7-3-5-18(12-20)23(24,25)26/h2-7,11-13H,8-10,14H2,1H3,(H,27,30,31). The molecule has 180 valence electrons. The van der Waals surface area contributed by atoms with Crippen LogP contribution in [-0.4, -0.2) is 28.7 Å². The van der Waals surface area contributed by atoms with Crippen molar-refractivity contribution in [3.05, 3.63) is 92.3 Å². The third kappa shape index (κ3) is 7.07. The summed E-state index contributed by atoms with van der Waals surface area (Å²) < 4.78 is 55.5. The Morgan fingerprint density at radius 1 is 1.03 bits per heavy atom. The van der Waals surface area contributed by atoms with Crippen molar-refractivity contribution in [1.82, 2.24) is 9.55 Å². The highest BCUT2D eigenvalue weighted by molar-refractivity contribution is 5.65. The second-order valence-electron chi connectivity index (χ2n) is 7.21. The second-order valence-corrected chi connectivity index (χ2v) is 7.21. The van der Waals surface area contributed by atoms with Crippen molar-refractivity contribution in [2.24, 2.45) is 0 Å². The van der Waals surface area contributed by atoms with E-state index in [4.69, 9.17) is 14.2 Å². The number of hydrogen-bond donors (Lipinski definition) is 1. The summed E-state index contributed by atoms with van der Waals surface area (Å²) in [6.07, 6.45) is -3.01. The number of ether oxygens (including phenoxy) is 3. The number of nitrogens with one attached hydrogen (secondary N) is 1. The van der Waals surface area contributed by atoms with Crippen molar-refractivity contribution in [3.8, 4) is 11.5 Å². The van der Waals surface area contributed by atoms with Gasteiger partial charge in [-0.05, 0) is 35.9 Å². The highest BCUT2D eigenvalue weighted by atomic mass is 19.4. The number of halogens is 3. The number of rotatable bonds is 9. The zero-order chi connectivity index (χ0) is 24.7. The fourth-order valence-electron chi connectivity index (χ4n) is 2.99. The van der Waals surface area contributed by atoms with Crippen LogP contribution < -0.4 is 16.0 Å². The molecule has 0 aliphatic carbocycles. The maximum absolute atomic E-state index is 12.9. The Morgan fingerprint density at radius 2 is 1.74 bits per heavy atom. The third-order valence-electron chi connectivity index (χ3n) is 4.54. The van der Waals surface area contributed by atoms with Gasteiger partial charge in [-0.2, -0.15) is 13.2 Å². The summed E-state index contributed by atoms with van der Waals surface area (Å²) in [7, 11) is 0. The maximum Gasteiger partial charge on any atom is 0.416 e. The van der Waals surface area contributed by atoms with Gasteiger partial charge in [0.25, 0.3) is 5.56 Å². The van der Waals surface area contributed by atoms with Crippen LogP contribution in [0.25, 0.3) is 0 Å². The SMILES string of the molecule is CC(=O)OCCOCn1cc(Cc2cccc(Oc3cccc(C(F)(F)F)c3)c2)c(=O)[nH]c1=O. The number of hydrogen-bond acceptors (Lipinski definition) is 6. The molecular weight excluding hydrogens is 457 g/mol. The molecule has 8 nitrogen and oxygen atoms in total. The van der Waals surface area contributed by atoms with Gasteiger partial charge in [0.2, 0.25) is 0 Å². The molecule has 0 bridgehead atoms. The van der Waals surface area contributed by atoms with E-state index in [-0.39, 0.29) is 43.4 Å². The van der Waals surface area contributed by atoms with Crippen molar-refractivity contribution in [1.29, 1.82) is 0 Å². The van der Waals surface area contributed by atoms with Gasteiger partial charge < -0.3 is 14.2 Å². The van der Waals surface area contributed by atoms with Gasteiger partial charge >= 0.3 is 17.8 Å². The Labute approximate surface area is 191 Å². The van der Waals surface area contributed by atoms with Gasteiger partial charge in [-0.3, -0.25) is 19.1 Å². The molecule has 0 aliphatic heterocycles. The largest absolute Gasteiger partial charge is 0.463 e. The lowest BCUT2D eigenvalue weighted by Gasteiger charge is -2.11. The molecule has 34 heavy (non-hydrogen) atoms. The van der Waals surface area contributed by atoms with Gasteiger partial charge in [0.1, 0.15) is 24.8 Å². The van der Waals surface area contributed by atoms with E-state index in [9.17, 15) is 27.6 Å². The molecule has 1 N–H and O–H groups in total. The first-order valence-electron chi connectivity index (χ1n) is 10.1. The molecule has 0 saturated carbocycles. The van der Waals surface area contributed by atoms with E-state index in [0.29, 0.717) is 5.56 Å². The molecule has 11 heteroatoms. The number of carbonyl (C=O) groups is 1. The van der Waals surface area contributed by atoms with E-state index in [1.807, 2.05) is 0 Å². The van der Waals surface area contributed by atoms with Crippen LogP contribution in [0.4, 0.5) is 13.2 Å². The Morgan fingerprint density at radius 3 is 2.44 bits per heavy atom. The summed E-state index contributed by atoms with van der Waals surface area (Å²) in [5.74, 6) is -0.147. The predicted octanol–water partition coefficient (Wildman–Crippen LogP) is 3.48. The van der Waals surface area contributed by atoms with Crippen molar-refractivity contribution in [3.63, 3.8) is 0 Å². The van der Waals surface area contributed by atoms with E-state index in [1.165, 1.54) is 25.3 Å². The minimum Gasteiger partial charge on any atom is -0.463 e. The smallest absolute Gasteiger partial charge is 0.416 e. The van der Waals surface area contributed by atoms with Crippen LogP contribution in [0.2, 0.25) is 0 Å². The lowest BCUT2D eigenvalue weighted by molar-refractivity contribution is -0.143. The molecule has 0 aliphatic rings. The van der Waals surface area contributed by atoms with Gasteiger partial charge in [0, 0.05) is 25.1 Å². The lowest BCUT2D eigenvalue weighted by Crippen LogP contribution is -2.32. The summed E-state index contributed by atoms with van der Waals surface area (Å²) in [5, 5.41) is 0. The summed E-state index contributed by atoms with van der Waals surface area (Å²) in [4.78, 5) is 37.2. The Balaban J connectivity index is 1.71. The highest BCUT2D eigenvalue weighted by Gasteiger charge is 2.30. The first kappa shape index (κ1) is 24.8. The zero-order valence-electron chi connectivity index (χ0n) is 18.1. The van der Waals surface area contributed by atoms with Crippen LogP contribution in [0.1, 0.15) is 23.6 Å². The number of carbonyl (C=O) groups excluding carboxylic acids is 1. The monoisotopic (exact) mass is 478 g/mol. The molecule has 0 saturated heterocycles. The van der Waals surface area contributed by atoms with Crippen molar-refractivity contribution in [2.45, 2.75) is 26.3 Å². The third-order valence-corrected chi connectivity index (χ3v) is 4.54. The van der Waals surface area contributed by atoms with Crippen LogP contribution in [0, 0.1) is 0 Å². The number of H-pyrrole nitrogens is 1. The topological polar surface area (TPSA) is 99.6 Å². The van der Waals surface area contributed by atoms with Crippen LogP contribution in [0.15, 0.2) is 64.3 Å². The molecule has 0 unspecified atom stereocenters. The van der Waals surface area contributed by atoms with E-state index in [0.717, 1.165) is 16.7 Å². The second kappa shape index (κ2) is 10.8. The molecule has 1 aromatic heterocycles. The van der Waals surface area contributed by atoms with Crippen LogP contribution in [0.5, 0.6) is 11.5 Å². The molecule has 0 amide bonds. The summed E-state index contributed by atoms with van der Waals surface area (Å²) in [6.45, 7) is 1.19. The van der Waals surface area contributed by atoms with Crippen LogP contribution in [-0.2, 0) is 33.6 Å². The predicted molar refractivity (Wildman–Crippen MR) is 115 cm³/mol. The zero-order valence-corrected chi connectivity index (χ0v) is 18.1. The summed E-state index contributed by atoms with van der Waals surface area (Å²) in [5.41, 5.74) is -1.17. The van der Waals surface area contributed by atoms with Crippen molar-refractivity contribution >= 4 is 5.97 Å². The van der Waals surface area contributed by atoms with Gasteiger partial charge in [-0.1, -0.05) is 18.2 Å². The fourth-order valence-corrected chi connectivity index (χ4v) is 2.99. The Bertz CT molecular complexity index is 1270. The van der Waals surface area contributed by atoms with E-state index >= 15 is 0 Å². The van der Waals surface area contributed by atoms with Gasteiger partial charge in [0.15, 0.2) is 0 Å². The molecule has 3 rings (SSSR count). The number of nitrogens with zero attached hydrogens (tertiary/aromatic N) is 1. The first-order valence-corrected chi connectivity index (χ1v) is 10.1. The van der Waals surface area contributed by atoms with E-state index < -0.39 is 29.0 Å². The van der Waals surface area contributed by atoms with Gasteiger partial charge in [-0.15, -0.1) is 0 Å². The Kier molecular flexibility index (Phi) is 7.90. The summed E-state index contributed by atoms with van der Waals surface area (Å²) >= 11 is 0. The molecule has 1 heterocycles. The average molecular weight is 478 g/mol. The quantitative estimate of drug-likeness (QED) is 0.374. The number of aromatic amines is 1. The Hall–Kier alpha value is -3.86. The van der Waals surface area contributed by atoms with Crippen LogP contribution in [0.3, 0.4) is 0 Å². The van der Waals surface area contributed by atoms with E-state index in [1.54, 1.807) is 24.3 Å². The average Bonchev–Trinajstić information content (AvgIpc) is 2.76. The number of alkyl halides is 3. The minimum atomic E-state index is -4.49. The number of benzene rings is 2. The van der Waals surface area contributed by atoms with Gasteiger partial charge in [0.05, 0.1) is 12.2 Å². The molecular formula is C23H21F3N2O6. The molecule has 0 spiro atoms. The van der Waals surface area contributed by atoms with E-state index in [2.05, 4.69) is 4.98 Å². The fraction of sp³-hybridized carbons (Fsp3) is 0.261. The molecule has 0 fully saturated rings. The van der Waals surface area contributed by atoms with Crippen molar-refractivity contribution in [2.75, 3.05) is 13.2 Å². The first-order chi connectivity index (χ1) is 16.1. The molecule has 2 aromatic carbocycles. The number of esters is 1. The van der Waals surface area contributed by atoms with Crippen LogP contribution >= 0.6 is 0 Å². The molecule has 0 atom stereocenters. The normalized spacial score (nSPS) is 11.3.